The van der Waals surface area contributed by atoms with Gasteiger partial charge in [-0.15, -0.1) is 10.2 Å². The van der Waals surface area contributed by atoms with Crippen LogP contribution in [0.5, 0.6) is 5.75 Å². The highest BCUT2D eigenvalue weighted by Gasteiger charge is 2.14. The van der Waals surface area contributed by atoms with E-state index in [-0.39, 0.29) is 5.91 Å². The molecule has 1 N–H and O–H groups in total. The predicted molar refractivity (Wildman–Crippen MR) is 121 cm³/mol. The van der Waals surface area contributed by atoms with Gasteiger partial charge in [-0.2, -0.15) is 0 Å². The normalized spacial score (nSPS) is 10.9. The summed E-state index contributed by atoms with van der Waals surface area (Å²) in [6.45, 7) is 5.59. The predicted octanol–water partition coefficient (Wildman–Crippen LogP) is 5.02. The smallest absolute Gasteiger partial charge is 0.225 e. The molecule has 158 valence electrons. The van der Waals surface area contributed by atoms with Crippen molar-refractivity contribution < 1.29 is 9.53 Å². The van der Waals surface area contributed by atoms with Gasteiger partial charge in [0.15, 0.2) is 11.0 Å². The van der Waals surface area contributed by atoms with Gasteiger partial charge in [0.2, 0.25) is 5.91 Å². The molecule has 3 aromatic rings. The number of amides is 1. The number of thioether (sulfide) groups is 1. The van der Waals surface area contributed by atoms with Gasteiger partial charge in [-0.05, 0) is 36.6 Å². The lowest BCUT2D eigenvalue weighted by Crippen LogP contribution is -2.13. The Morgan fingerprint density at radius 1 is 1.07 bits per heavy atom. The zero-order chi connectivity index (χ0) is 21.2. The molecular weight excluding hydrogens is 396 g/mol. The highest BCUT2D eigenvalue weighted by Crippen LogP contribution is 2.21. The van der Waals surface area contributed by atoms with Crippen LogP contribution in [0.3, 0.4) is 0 Å². The lowest BCUT2D eigenvalue weighted by atomic mass is 10.1. The van der Waals surface area contributed by atoms with Gasteiger partial charge in [-0.1, -0.05) is 62.0 Å². The van der Waals surface area contributed by atoms with E-state index >= 15 is 0 Å². The Bertz CT molecular complexity index is 913. The third-order valence-electron chi connectivity index (χ3n) is 4.45. The van der Waals surface area contributed by atoms with Crippen molar-refractivity contribution in [3.05, 3.63) is 66.5 Å². The van der Waals surface area contributed by atoms with Crippen molar-refractivity contribution in [1.82, 2.24) is 14.8 Å². The Morgan fingerprint density at radius 2 is 1.77 bits per heavy atom. The summed E-state index contributed by atoms with van der Waals surface area (Å²) in [5.74, 6) is 2.82. The maximum absolute atomic E-state index is 12.2. The molecule has 3 rings (SSSR count). The van der Waals surface area contributed by atoms with Crippen LogP contribution in [0.25, 0.3) is 0 Å². The number of ether oxygens (including phenoxy) is 1. The largest absolute Gasteiger partial charge is 0.486 e. The van der Waals surface area contributed by atoms with Crippen molar-refractivity contribution in [1.29, 1.82) is 0 Å². The topological polar surface area (TPSA) is 69.0 Å². The summed E-state index contributed by atoms with van der Waals surface area (Å²) in [6, 6.07) is 19.2. The molecule has 30 heavy (non-hydrogen) atoms. The van der Waals surface area contributed by atoms with Crippen LogP contribution in [0.1, 0.15) is 32.5 Å². The minimum Gasteiger partial charge on any atom is -0.486 e. The molecule has 0 aliphatic heterocycles. The van der Waals surface area contributed by atoms with E-state index in [1.54, 1.807) is 11.8 Å². The van der Waals surface area contributed by atoms with E-state index in [4.69, 9.17) is 4.74 Å². The number of benzene rings is 2. The average molecular weight is 425 g/mol. The molecule has 7 heteroatoms. The van der Waals surface area contributed by atoms with Crippen molar-refractivity contribution in [2.45, 2.75) is 45.0 Å². The minimum absolute atomic E-state index is 0.00502. The standard InChI is InChI=1S/C23H28N4O2S/c1-18(2)13-15-27-21(17-29-20-11-7-4-8-12-20)25-26-23(27)30-16-14-22(28)24-19-9-5-3-6-10-19/h3-12,18H,13-17H2,1-2H3,(H,24,28). The van der Waals surface area contributed by atoms with Gasteiger partial charge in [0.1, 0.15) is 12.4 Å². The van der Waals surface area contributed by atoms with Gasteiger partial charge >= 0.3 is 0 Å². The molecule has 1 heterocycles. The van der Waals surface area contributed by atoms with Gasteiger partial charge in [-0.3, -0.25) is 4.79 Å². The summed E-state index contributed by atoms with van der Waals surface area (Å²) in [7, 11) is 0. The SMILES string of the molecule is CC(C)CCn1c(COc2ccccc2)nnc1SCCC(=O)Nc1ccccc1. The van der Waals surface area contributed by atoms with Crippen LogP contribution in [-0.2, 0) is 17.9 Å². The Morgan fingerprint density at radius 3 is 2.47 bits per heavy atom. The van der Waals surface area contributed by atoms with Gasteiger partial charge in [0.05, 0.1) is 0 Å². The van der Waals surface area contributed by atoms with Crippen LogP contribution in [0.4, 0.5) is 5.69 Å². The summed E-state index contributed by atoms with van der Waals surface area (Å²) >= 11 is 1.55. The average Bonchev–Trinajstić information content (AvgIpc) is 3.14. The monoisotopic (exact) mass is 424 g/mol. The summed E-state index contributed by atoms with van der Waals surface area (Å²) in [5.41, 5.74) is 0.813. The number of hydrogen-bond acceptors (Lipinski definition) is 5. The zero-order valence-electron chi connectivity index (χ0n) is 17.5. The summed E-state index contributed by atoms with van der Waals surface area (Å²) in [5, 5.41) is 12.4. The van der Waals surface area contributed by atoms with Gasteiger partial charge in [0, 0.05) is 24.4 Å². The number of para-hydroxylation sites is 2. The molecule has 0 fully saturated rings. The molecule has 0 bridgehead atoms. The molecule has 0 aliphatic carbocycles. The van der Waals surface area contributed by atoms with Gasteiger partial charge in [-0.25, -0.2) is 0 Å². The van der Waals surface area contributed by atoms with E-state index in [1.807, 2.05) is 60.7 Å². The molecule has 0 aliphatic rings. The first-order valence-electron chi connectivity index (χ1n) is 10.2. The molecule has 0 unspecified atom stereocenters. The molecule has 0 saturated carbocycles. The quantitative estimate of drug-likeness (QED) is 0.438. The van der Waals surface area contributed by atoms with Gasteiger partial charge < -0.3 is 14.6 Å². The van der Waals surface area contributed by atoms with E-state index < -0.39 is 0 Å². The molecule has 0 spiro atoms. The van der Waals surface area contributed by atoms with Gasteiger partial charge in [0.25, 0.3) is 0 Å². The highest BCUT2D eigenvalue weighted by atomic mass is 32.2. The molecule has 1 amide bonds. The molecule has 0 radical (unpaired) electrons. The van der Waals surface area contributed by atoms with Crippen LogP contribution < -0.4 is 10.1 Å². The van der Waals surface area contributed by atoms with Crippen molar-refractivity contribution in [2.75, 3.05) is 11.1 Å². The second-order valence-electron chi connectivity index (χ2n) is 7.35. The second kappa shape index (κ2) is 11.4. The van der Waals surface area contributed by atoms with E-state index in [0.29, 0.717) is 24.7 Å². The third-order valence-corrected chi connectivity index (χ3v) is 5.42. The zero-order valence-corrected chi connectivity index (χ0v) is 18.3. The summed E-state index contributed by atoms with van der Waals surface area (Å²) < 4.78 is 7.98. The number of aromatic nitrogens is 3. The number of carbonyl (C=O) groups excluding carboxylic acids is 1. The van der Waals surface area contributed by atoms with E-state index in [1.165, 1.54) is 0 Å². The fourth-order valence-electron chi connectivity index (χ4n) is 2.79. The van der Waals surface area contributed by atoms with E-state index in [0.717, 1.165) is 35.4 Å². The molecule has 0 saturated heterocycles. The molecular formula is C23H28N4O2S. The first-order chi connectivity index (χ1) is 14.6. The Hall–Kier alpha value is -2.80. The number of rotatable bonds is 11. The van der Waals surface area contributed by atoms with E-state index in [9.17, 15) is 4.79 Å². The van der Waals surface area contributed by atoms with E-state index in [2.05, 4.69) is 33.9 Å². The Labute approximate surface area is 182 Å². The third kappa shape index (κ3) is 6.91. The lowest BCUT2D eigenvalue weighted by molar-refractivity contribution is -0.115. The van der Waals surface area contributed by atoms with Crippen molar-refractivity contribution in [3.63, 3.8) is 0 Å². The summed E-state index contributed by atoms with van der Waals surface area (Å²) in [4.78, 5) is 12.2. The first-order valence-corrected chi connectivity index (χ1v) is 11.2. The van der Waals surface area contributed by atoms with Crippen molar-refractivity contribution >= 4 is 23.4 Å². The maximum Gasteiger partial charge on any atom is 0.225 e. The van der Waals surface area contributed by atoms with Crippen molar-refractivity contribution in [2.24, 2.45) is 5.92 Å². The number of nitrogens with one attached hydrogen (secondary N) is 1. The van der Waals surface area contributed by atoms with Crippen molar-refractivity contribution in [3.8, 4) is 5.75 Å². The minimum atomic E-state index is -0.00502. The molecule has 2 aromatic carbocycles. The Kier molecular flexibility index (Phi) is 8.32. The number of hydrogen-bond donors (Lipinski definition) is 1. The van der Waals surface area contributed by atoms with Crippen LogP contribution in [0.2, 0.25) is 0 Å². The number of anilines is 1. The summed E-state index contributed by atoms with van der Waals surface area (Å²) in [6.07, 6.45) is 1.44. The fraction of sp³-hybridized carbons (Fsp3) is 0.348. The number of nitrogens with zero attached hydrogens (tertiary/aromatic N) is 3. The molecule has 1 aromatic heterocycles. The van der Waals surface area contributed by atoms with Crippen LogP contribution in [0, 0.1) is 5.92 Å². The second-order valence-corrected chi connectivity index (χ2v) is 8.41. The number of carbonyl (C=O) groups is 1. The van der Waals surface area contributed by atoms with Crippen LogP contribution >= 0.6 is 11.8 Å². The van der Waals surface area contributed by atoms with Crippen LogP contribution in [0.15, 0.2) is 65.8 Å². The molecule has 6 nitrogen and oxygen atoms in total. The fourth-order valence-corrected chi connectivity index (χ4v) is 3.71. The molecule has 0 atom stereocenters. The highest BCUT2D eigenvalue weighted by molar-refractivity contribution is 7.99. The lowest BCUT2D eigenvalue weighted by Gasteiger charge is -2.12. The Balaban J connectivity index is 1.57. The van der Waals surface area contributed by atoms with Crippen LogP contribution in [-0.4, -0.2) is 26.4 Å². The maximum atomic E-state index is 12.2. The first kappa shape index (κ1) is 21.9.